The summed E-state index contributed by atoms with van der Waals surface area (Å²) in [4.78, 5) is 22.5. The first-order chi connectivity index (χ1) is 14.7. The number of carbonyl (C=O) groups excluding carboxylic acids is 1. The molecule has 2 aromatic rings. The van der Waals surface area contributed by atoms with Gasteiger partial charge in [0.15, 0.2) is 5.96 Å². The van der Waals surface area contributed by atoms with Gasteiger partial charge in [-0.3, -0.25) is 0 Å². The van der Waals surface area contributed by atoms with E-state index in [-0.39, 0.29) is 6.09 Å². The highest BCUT2D eigenvalue weighted by Crippen LogP contribution is 2.12. The summed E-state index contributed by atoms with van der Waals surface area (Å²) in [6, 6.07) is 8.77. The maximum absolute atomic E-state index is 11.9. The number of piperidine rings is 1. The number of aliphatic imine (C=N–C) groups is 1. The van der Waals surface area contributed by atoms with Gasteiger partial charge in [-0.25, -0.2) is 14.8 Å². The molecule has 2 heterocycles. The lowest BCUT2D eigenvalue weighted by molar-refractivity contribution is 0.0963. The molecule has 1 aliphatic rings. The van der Waals surface area contributed by atoms with Crippen LogP contribution in [0.1, 0.15) is 37.8 Å². The van der Waals surface area contributed by atoms with Crippen LogP contribution in [0.4, 0.5) is 4.79 Å². The zero-order valence-corrected chi connectivity index (χ0v) is 17.9. The number of hydrogen-bond acceptors (Lipinski definition) is 4. The lowest BCUT2D eigenvalue weighted by atomic mass is 10.1. The van der Waals surface area contributed by atoms with Crippen LogP contribution in [0.25, 0.3) is 0 Å². The average Bonchev–Trinajstić information content (AvgIpc) is 3.26. The number of imidazole rings is 1. The summed E-state index contributed by atoms with van der Waals surface area (Å²) in [5.74, 6) is 0.812. The number of rotatable bonds is 7. The summed E-state index contributed by atoms with van der Waals surface area (Å²) in [5, 5.41) is 6.84. The Balaban J connectivity index is 1.54. The van der Waals surface area contributed by atoms with Crippen LogP contribution >= 0.6 is 0 Å². The SMILES string of the molecule is CCNC(=NCc1cccc(Cn2ccnc2)c1)NC1CCN(C(=O)OCC)CC1. The molecule has 0 spiro atoms. The molecule has 8 heteroatoms. The number of benzene rings is 1. The van der Waals surface area contributed by atoms with Gasteiger partial charge < -0.3 is 24.8 Å². The number of carbonyl (C=O) groups is 1. The second-order valence-electron chi connectivity index (χ2n) is 7.35. The van der Waals surface area contributed by atoms with E-state index in [4.69, 9.17) is 9.73 Å². The van der Waals surface area contributed by atoms with Crippen molar-refractivity contribution in [3.8, 4) is 0 Å². The molecule has 0 aliphatic carbocycles. The molecule has 0 unspecified atom stereocenters. The molecule has 1 amide bonds. The van der Waals surface area contributed by atoms with Gasteiger partial charge in [0.05, 0.1) is 19.5 Å². The molecule has 1 aromatic carbocycles. The summed E-state index contributed by atoms with van der Waals surface area (Å²) in [6.07, 6.45) is 7.12. The van der Waals surface area contributed by atoms with Gasteiger partial charge in [0.1, 0.15) is 0 Å². The van der Waals surface area contributed by atoms with Crippen LogP contribution in [-0.4, -0.2) is 58.8 Å². The van der Waals surface area contributed by atoms with Gasteiger partial charge in [0, 0.05) is 44.6 Å². The fourth-order valence-corrected chi connectivity index (χ4v) is 3.52. The van der Waals surface area contributed by atoms with E-state index in [1.54, 1.807) is 11.1 Å². The third-order valence-electron chi connectivity index (χ3n) is 5.04. The fourth-order valence-electron chi connectivity index (χ4n) is 3.52. The zero-order chi connectivity index (χ0) is 21.2. The Labute approximate surface area is 178 Å². The first-order valence-electron chi connectivity index (χ1n) is 10.7. The van der Waals surface area contributed by atoms with Crippen LogP contribution in [0.15, 0.2) is 48.0 Å². The minimum atomic E-state index is -0.216. The highest BCUT2D eigenvalue weighted by Gasteiger charge is 2.24. The van der Waals surface area contributed by atoms with Crippen molar-refractivity contribution in [2.75, 3.05) is 26.2 Å². The molecule has 1 saturated heterocycles. The zero-order valence-electron chi connectivity index (χ0n) is 17.9. The Hall–Kier alpha value is -3.03. The van der Waals surface area contributed by atoms with Gasteiger partial charge in [-0.2, -0.15) is 0 Å². The summed E-state index contributed by atoms with van der Waals surface area (Å²) in [7, 11) is 0. The van der Waals surface area contributed by atoms with Gasteiger partial charge in [-0.1, -0.05) is 24.3 Å². The van der Waals surface area contributed by atoms with Crippen molar-refractivity contribution in [2.45, 2.75) is 45.8 Å². The molecule has 0 saturated carbocycles. The number of likely N-dealkylation sites (tertiary alicyclic amines) is 1. The summed E-state index contributed by atoms with van der Waals surface area (Å²) < 4.78 is 7.14. The van der Waals surface area contributed by atoms with Gasteiger partial charge in [0.2, 0.25) is 0 Å². The Morgan fingerprint density at radius 2 is 2.07 bits per heavy atom. The predicted octanol–water partition coefficient (Wildman–Crippen LogP) is 2.61. The van der Waals surface area contributed by atoms with Crippen molar-refractivity contribution in [1.82, 2.24) is 25.1 Å². The van der Waals surface area contributed by atoms with Crippen molar-refractivity contribution >= 4 is 12.1 Å². The van der Waals surface area contributed by atoms with E-state index >= 15 is 0 Å². The third kappa shape index (κ3) is 6.50. The minimum absolute atomic E-state index is 0.216. The number of nitrogens with one attached hydrogen (secondary N) is 2. The van der Waals surface area contributed by atoms with Crippen LogP contribution in [0.5, 0.6) is 0 Å². The van der Waals surface area contributed by atoms with E-state index < -0.39 is 0 Å². The van der Waals surface area contributed by atoms with Gasteiger partial charge in [-0.05, 0) is 37.8 Å². The quantitative estimate of drug-likeness (QED) is 0.540. The number of hydrogen-bond donors (Lipinski definition) is 2. The molecule has 1 aliphatic heterocycles. The first-order valence-corrected chi connectivity index (χ1v) is 10.7. The van der Waals surface area contributed by atoms with Crippen LogP contribution in [0.3, 0.4) is 0 Å². The van der Waals surface area contributed by atoms with Crippen molar-refractivity contribution < 1.29 is 9.53 Å². The Bertz CT molecular complexity index is 813. The monoisotopic (exact) mass is 412 g/mol. The number of nitrogens with zero attached hydrogens (tertiary/aromatic N) is 4. The number of amides is 1. The number of guanidine groups is 1. The van der Waals surface area contributed by atoms with E-state index in [0.717, 1.165) is 31.9 Å². The largest absolute Gasteiger partial charge is 0.450 e. The van der Waals surface area contributed by atoms with Crippen molar-refractivity contribution in [3.63, 3.8) is 0 Å². The maximum Gasteiger partial charge on any atom is 0.409 e. The van der Waals surface area contributed by atoms with Gasteiger partial charge >= 0.3 is 6.09 Å². The molecule has 30 heavy (non-hydrogen) atoms. The Morgan fingerprint density at radius 3 is 2.77 bits per heavy atom. The molecule has 1 fully saturated rings. The fraction of sp³-hybridized carbons (Fsp3) is 0.500. The first kappa shape index (κ1) is 21.7. The number of aromatic nitrogens is 2. The molecule has 0 bridgehead atoms. The van der Waals surface area contributed by atoms with Crippen LogP contribution in [0, 0.1) is 0 Å². The molecule has 0 atom stereocenters. The highest BCUT2D eigenvalue weighted by atomic mass is 16.6. The van der Waals surface area contributed by atoms with Crippen molar-refractivity contribution in [1.29, 1.82) is 0 Å². The second-order valence-corrected chi connectivity index (χ2v) is 7.35. The lowest BCUT2D eigenvalue weighted by Gasteiger charge is -2.32. The van der Waals surface area contributed by atoms with Crippen LogP contribution in [-0.2, 0) is 17.8 Å². The molecule has 162 valence electrons. The topological polar surface area (TPSA) is 83.8 Å². The van der Waals surface area contributed by atoms with Gasteiger partial charge in [0.25, 0.3) is 0 Å². The molecule has 0 radical (unpaired) electrons. The Morgan fingerprint density at radius 1 is 1.27 bits per heavy atom. The van der Waals surface area contributed by atoms with Crippen LogP contribution in [0.2, 0.25) is 0 Å². The van der Waals surface area contributed by atoms with Crippen molar-refractivity contribution in [3.05, 3.63) is 54.1 Å². The molecule has 8 nitrogen and oxygen atoms in total. The molecular weight excluding hydrogens is 380 g/mol. The molecule has 2 N–H and O–H groups in total. The minimum Gasteiger partial charge on any atom is -0.450 e. The smallest absolute Gasteiger partial charge is 0.409 e. The Kier molecular flexibility index (Phi) is 8.11. The van der Waals surface area contributed by atoms with E-state index in [1.165, 1.54) is 11.1 Å². The van der Waals surface area contributed by atoms with E-state index in [0.29, 0.717) is 32.3 Å². The summed E-state index contributed by atoms with van der Waals surface area (Å²) >= 11 is 0. The highest BCUT2D eigenvalue weighted by molar-refractivity contribution is 5.80. The second kappa shape index (κ2) is 11.2. The maximum atomic E-state index is 11.9. The average molecular weight is 413 g/mol. The van der Waals surface area contributed by atoms with Gasteiger partial charge in [-0.15, -0.1) is 0 Å². The summed E-state index contributed by atoms with van der Waals surface area (Å²) in [6.45, 7) is 7.92. The van der Waals surface area contributed by atoms with E-state index in [9.17, 15) is 4.79 Å². The van der Waals surface area contributed by atoms with E-state index in [2.05, 4.69) is 51.4 Å². The van der Waals surface area contributed by atoms with Crippen molar-refractivity contribution in [2.24, 2.45) is 4.99 Å². The lowest BCUT2D eigenvalue weighted by Crippen LogP contribution is -2.49. The van der Waals surface area contributed by atoms with Crippen LogP contribution < -0.4 is 10.6 Å². The molecule has 3 rings (SSSR count). The van der Waals surface area contributed by atoms with E-state index in [1.807, 2.05) is 19.4 Å². The third-order valence-corrected chi connectivity index (χ3v) is 5.04. The predicted molar refractivity (Wildman–Crippen MR) is 117 cm³/mol. The number of ether oxygens (including phenoxy) is 1. The molecule has 1 aromatic heterocycles. The normalized spacial score (nSPS) is 15.1. The standard InChI is InChI=1S/C22H32N6O2/c1-3-24-21(26-20-8-11-28(12-9-20)22(29)30-4-2)25-15-18-6-5-7-19(14-18)16-27-13-10-23-17-27/h5-7,10,13-14,17,20H,3-4,8-9,11-12,15-16H2,1-2H3,(H2,24,25,26). The summed E-state index contributed by atoms with van der Waals surface area (Å²) in [5.41, 5.74) is 2.40. The molecular formula is C22H32N6O2.